The minimum atomic E-state index is -3.30. The number of piperidine rings is 1. The molecule has 0 bridgehead atoms. The molecule has 1 fully saturated rings. The number of carbonyl (C=O) groups is 1. The van der Waals surface area contributed by atoms with Crippen LogP contribution in [-0.4, -0.2) is 44.9 Å². The van der Waals surface area contributed by atoms with Crippen LogP contribution in [0.1, 0.15) is 19.8 Å². The maximum Gasteiger partial charge on any atom is 0.409 e. The Hall–Kier alpha value is -1.56. The molecule has 1 saturated heterocycles. The Balaban J connectivity index is 2.01. The van der Waals surface area contributed by atoms with Gasteiger partial charge in [-0.15, -0.1) is 0 Å². The predicted octanol–water partition coefficient (Wildman–Crippen LogP) is 2.33. The summed E-state index contributed by atoms with van der Waals surface area (Å²) in [7, 11) is -3.30. The van der Waals surface area contributed by atoms with Gasteiger partial charge < -0.3 is 9.64 Å². The lowest BCUT2D eigenvalue weighted by Gasteiger charge is -2.31. The van der Waals surface area contributed by atoms with Crippen LogP contribution in [0, 0.1) is 5.92 Å². The minimum Gasteiger partial charge on any atom is -0.450 e. The van der Waals surface area contributed by atoms with E-state index in [-0.39, 0.29) is 17.8 Å². The summed E-state index contributed by atoms with van der Waals surface area (Å²) < 4.78 is 29.7. The summed E-state index contributed by atoms with van der Waals surface area (Å²) in [5, 5.41) is 0. The van der Waals surface area contributed by atoms with Crippen molar-refractivity contribution in [3.8, 4) is 0 Å². The number of ether oxygens (including phenoxy) is 1. The van der Waals surface area contributed by atoms with E-state index in [9.17, 15) is 13.2 Å². The molecule has 1 amide bonds. The predicted molar refractivity (Wildman–Crippen MR) is 79.8 cm³/mol. The zero-order chi connectivity index (χ0) is 15.3. The fourth-order valence-electron chi connectivity index (χ4n) is 2.62. The van der Waals surface area contributed by atoms with Crippen LogP contribution in [0.5, 0.6) is 0 Å². The van der Waals surface area contributed by atoms with E-state index >= 15 is 0 Å². The van der Waals surface area contributed by atoms with Crippen molar-refractivity contribution in [2.45, 2.75) is 24.7 Å². The smallest absolute Gasteiger partial charge is 0.409 e. The van der Waals surface area contributed by atoms with Crippen molar-refractivity contribution in [1.29, 1.82) is 0 Å². The van der Waals surface area contributed by atoms with Gasteiger partial charge in [0.25, 0.3) is 0 Å². The molecule has 2 rings (SSSR count). The summed E-state index contributed by atoms with van der Waals surface area (Å²) in [6.45, 7) is 3.19. The Bertz CT molecular complexity index is 571. The first-order chi connectivity index (χ1) is 10.0. The molecule has 1 aromatic rings. The van der Waals surface area contributed by atoms with E-state index in [0.717, 1.165) is 12.8 Å². The number of carbonyl (C=O) groups excluding carboxylic acids is 1. The van der Waals surface area contributed by atoms with Crippen LogP contribution >= 0.6 is 0 Å². The van der Waals surface area contributed by atoms with Gasteiger partial charge in [-0.25, -0.2) is 13.2 Å². The molecule has 21 heavy (non-hydrogen) atoms. The van der Waals surface area contributed by atoms with Gasteiger partial charge in [0, 0.05) is 13.1 Å². The summed E-state index contributed by atoms with van der Waals surface area (Å²) in [6, 6.07) is 8.46. The highest BCUT2D eigenvalue weighted by Gasteiger charge is 2.28. The molecule has 0 saturated carbocycles. The molecule has 1 heterocycles. The van der Waals surface area contributed by atoms with Gasteiger partial charge in [-0.05, 0) is 37.8 Å². The van der Waals surface area contributed by atoms with Crippen molar-refractivity contribution < 1.29 is 17.9 Å². The summed E-state index contributed by atoms with van der Waals surface area (Å²) in [4.78, 5) is 13.7. The van der Waals surface area contributed by atoms with Gasteiger partial charge in [0.05, 0.1) is 17.3 Å². The molecule has 5 nitrogen and oxygen atoms in total. The Morgan fingerprint density at radius 2 is 2.05 bits per heavy atom. The zero-order valence-electron chi connectivity index (χ0n) is 12.2. The summed E-state index contributed by atoms with van der Waals surface area (Å²) >= 11 is 0. The fourth-order valence-corrected chi connectivity index (χ4v) is 4.27. The van der Waals surface area contributed by atoms with Crippen LogP contribution in [0.15, 0.2) is 35.2 Å². The van der Waals surface area contributed by atoms with Crippen LogP contribution in [0.3, 0.4) is 0 Å². The highest BCUT2D eigenvalue weighted by molar-refractivity contribution is 7.91. The highest BCUT2D eigenvalue weighted by atomic mass is 32.2. The second-order valence-corrected chi connectivity index (χ2v) is 7.28. The SMILES string of the molecule is CCOC(=O)N1CCCC(CS(=O)(=O)c2ccccc2)C1. The monoisotopic (exact) mass is 311 g/mol. The summed E-state index contributed by atoms with van der Waals surface area (Å²) in [5.41, 5.74) is 0. The molecule has 1 unspecified atom stereocenters. The van der Waals surface area contributed by atoms with Crippen molar-refractivity contribution in [1.82, 2.24) is 4.90 Å². The van der Waals surface area contributed by atoms with E-state index in [0.29, 0.717) is 24.6 Å². The Labute approximate surface area is 125 Å². The molecule has 1 aromatic carbocycles. The summed E-state index contributed by atoms with van der Waals surface area (Å²) in [6.07, 6.45) is 1.29. The third-order valence-electron chi connectivity index (χ3n) is 3.60. The van der Waals surface area contributed by atoms with Gasteiger partial charge in [0.1, 0.15) is 0 Å². The van der Waals surface area contributed by atoms with Gasteiger partial charge in [0.15, 0.2) is 9.84 Å². The molecule has 0 aromatic heterocycles. The lowest BCUT2D eigenvalue weighted by atomic mass is 10.0. The van der Waals surface area contributed by atoms with Crippen LogP contribution in [-0.2, 0) is 14.6 Å². The lowest BCUT2D eigenvalue weighted by molar-refractivity contribution is 0.0908. The van der Waals surface area contributed by atoms with Crippen LogP contribution in [0.4, 0.5) is 4.79 Å². The maximum atomic E-state index is 12.4. The molecule has 0 radical (unpaired) electrons. The molecule has 0 aliphatic carbocycles. The number of benzene rings is 1. The average Bonchev–Trinajstić information content (AvgIpc) is 2.48. The van der Waals surface area contributed by atoms with E-state index < -0.39 is 9.84 Å². The van der Waals surface area contributed by atoms with Crippen LogP contribution < -0.4 is 0 Å². The van der Waals surface area contributed by atoms with Gasteiger partial charge >= 0.3 is 6.09 Å². The molecular weight excluding hydrogens is 290 g/mol. The lowest BCUT2D eigenvalue weighted by Crippen LogP contribution is -2.42. The second kappa shape index (κ2) is 6.93. The van der Waals surface area contributed by atoms with Crippen molar-refractivity contribution in [2.75, 3.05) is 25.4 Å². The van der Waals surface area contributed by atoms with Crippen molar-refractivity contribution >= 4 is 15.9 Å². The molecule has 0 spiro atoms. The number of rotatable bonds is 4. The van der Waals surface area contributed by atoms with E-state index in [1.54, 1.807) is 42.2 Å². The first-order valence-corrected chi connectivity index (χ1v) is 8.87. The molecule has 0 N–H and O–H groups in total. The first-order valence-electron chi connectivity index (χ1n) is 7.22. The number of amides is 1. The topological polar surface area (TPSA) is 63.7 Å². The van der Waals surface area contributed by atoms with Gasteiger partial charge in [-0.2, -0.15) is 0 Å². The van der Waals surface area contributed by atoms with Gasteiger partial charge in [-0.1, -0.05) is 18.2 Å². The Morgan fingerprint density at radius 1 is 1.33 bits per heavy atom. The van der Waals surface area contributed by atoms with Crippen molar-refractivity contribution in [3.05, 3.63) is 30.3 Å². The Morgan fingerprint density at radius 3 is 2.71 bits per heavy atom. The zero-order valence-corrected chi connectivity index (χ0v) is 13.0. The normalized spacial score (nSPS) is 19.3. The third kappa shape index (κ3) is 4.20. The van der Waals surface area contributed by atoms with Crippen LogP contribution in [0.2, 0.25) is 0 Å². The van der Waals surface area contributed by atoms with Crippen LogP contribution in [0.25, 0.3) is 0 Å². The van der Waals surface area contributed by atoms with Gasteiger partial charge in [-0.3, -0.25) is 0 Å². The largest absolute Gasteiger partial charge is 0.450 e. The van der Waals surface area contributed by atoms with E-state index in [4.69, 9.17) is 4.74 Å². The number of nitrogens with zero attached hydrogens (tertiary/aromatic N) is 1. The highest BCUT2D eigenvalue weighted by Crippen LogP contribution is 2.22. The molecule has 1 aliphatic heterocycles. The number of sulfone groups is 1. The molecule has 116 valence electrons. The second-order valence-electron chi connectivity index (χ2n) is 5.25. The van der Waals surface area contributed by atoms with Gasteiger partial charge in [0.2, 0.25) is 0 Å². The fraction of sp³-hybridized carbons (Fsp3) is 0.533. The first kappa shape index (κ1) is 15.8. The maximum absolute atomic E-state index is 12.4. The molecule has 6 heteroatoms. The summed E-state index contributed by atoms with van der Waals surface area (Å²) in [5.74, 6) is 0.0424. The van der Waals surface area contributed by atoms with Crippen molar-refractivity contribution in [3.63, 3.8) is 0 Å². The quantitative estimate of drug-likeness (QED) is 0.856. The van der Waals surface area contributed by atoms with Crippen molar-refractivity contribution in [2.24, 2.45) is 5.92 Å². The minimum absolute atomic E-state index is 0.0339. The van der Waals surface area contributed by atoms with E-state index in [1.165, 1.54) is 0 Å². The molecule has 1 aliphatic rings. The van der Waals surface area contributed by atoms with E-state index in [2.05, 4.69) is 0 Å². The van der Waals surface area contributed by atoms with E-state index in [1.807, 2.05) is 0 Å². The third-order valence-corrected chi connectivity index (χ3v) is 5.50. The Kier molecular flexibility index (Phi) is 5.22. The standard InChI is InChI=1S/C15H21NO4S/c1-2-20-15(17)16-10-6-7-13(11-16)12-21(18,19)14-8-4-3-5-9-14/h3-5,8-9,13H,2,6-7,10-12H2,1H3. The molecule has 1 atom stereocenters. The molecular formula is C15H21NO4S. The number of likely N-dealkylation sites (tertiary alicyclic amines) is 1. The average molecular weight is 311 g/mol. The number of hydrogen-bond donors (Lipinski definition) is 0. The number of hydrogen-bond acceptors (Lipinski definition) is 4.